The van der Waals surface area contributed by atoms with Gasteiger partial charge in [0.1, 0.15) is 0 Å². The van der Waals surface area contributed by atoms with Gasteiger partial charge in [0.05, 0.1) is 0 Å². The van der Waals surface area contributed by atoms with Crippen molar-refractivity contribution in [3.63, 3.8) is 0 Å². The average molecular weight is 246 g/mol. The van der Waals surface area contributed by atoms with Crippen LogP contribution < -0.4 is 8.37 Å². The van der Waals surface area contributed by atoms with Crippen LogP contribution in [0.1, 0.15) is 0 Å². The van der Waals surface area contributed by atoms with Crippen LogP contribution >= 0.6 is 22.7 Å². The first kappa shape index (κ1) is 9.70. The standard InChI is InChI=1S/C8H6O3S3/c9-14(10-7-1-3-12-5-7)11-8-2-4-13-6-8/h1-6H. The SMILES string of the molecule is O=S(Oc1ccsc1)Oc1ccsc1. The molecule has 0 aliphatic rings. The monoisotopic (exact) mass is 246 g/mol. The van der Waals surface area contributed by atoms with Gasteiger partial charge in [-0.15, -0.1) is 22.7 Å². The highest BCUT2D eigenvalue weighted by Gasteiger charge is 2.05. The van der Waals surface area contributed by atoms with Gasteiger partial charge in [-0.05, 0) is 22.9 Å². The highest BCUT2D eigenvalue weighted by atomic mass is 32.2. The molecule has 0 saturated carbocycles. The molecule has 0 spiro atoms. The van der Waals surface area contributed by atoms with Gasteiger partial charge in [-0.1, -0.05) is 0 Å². The summed E-state index contributed by atoms with van der Waals surface area (Å²) >= 11 is 1.19. The molecule has 0 aromatic carbocycles. The number of thiophene rings is 2. The fourth-order valence-electron chi connectivity index (χ4n) is 0.773. The Morgan fingerprint density at radius 3 is 1.86 bits per heavy atom. The lowest BCUT2D eigenvalue weighted by Gasteiger charge is -2.01. The molecule has 0 amide bonds. The molecular formula is C8H6O3S3. The minimum atomic E-state index is -1.77. The predicted octanol–water partition coefficient (Wildman–Crippen LogP) is 2.85. The first-order chi connectivity index (χ1) is 6.84. The normalized spacial score (nSPS) is 10.4. The van der Waals surface area contributed by atoms with Gasteiger partial charge < -0.3 is 8.37 Å². The van der Waals surface area contributed by atoms with E-state index in [1.54, 1.807) is 22.9 Å². The van der Waals surface area contributed by atoms with Gasteiger partial charge in [-0.2, -0.15) is 4.21 Å². The van der Waals surface area contributed by atoms with E-state index in [1.165, 1.54) is 22.7 Å². The molecule has 2 aromatic rings. The minimum absolute atomic E-state index is 0.559. The van der Waals surface area contributed by atoms with Gasteiger partial charge in [0.15, 0.2) is 11.5 Å². The summed E-state index contributed by atoms with van der Waals surface area (Å²) in [5.41, 5.74) is 0. The minimum Gasteiger partial charge on any atom is -0.370 e. The summed E-state index contributed by atoms with van der Waals surface area (Å²) in [5, 5.41) is 7.21. The van der Waals surface area contributed by atoms with Crippen molar-refractivity contribution >= 4 is 34.0 Å². The van der Waals surface area contributed by atoms with E-state index < -0.39 is 11.4 Å². The van der Waals surface area contributed by atoms with Crippen LogP contribution in [0, 0.1) is 0 Å². The Morgan fingerprint density at radius 1 is 1.00 bits per heavy atom. The van der Waals surface area contributed by atoms with Crippen LogP contribution in [0.25, 0.3) is 0 Å². The lowest BCUT2D eigenvalue weighted by molar-refractivity contribution is 0.463. The van der Waals surface area contributed by atoms with Crippen LogP contribution in [0.15, 0.2) is 33.7 Å². The lowest BCUT2D eigenvalue weighted by Crippen LogP contribution is -2.06. The summed E-state index contributed by atoms with van der Waals surface area (Å²) in [7, 11) is 0. The first-order valence-corrected chi connectivity index (χ1v) is 6.56. The first-order valence-electron chi connectivity index (χ1n) is 3.67. The summed E-state index contributed by atoms with van der Waals surface area (Å²) in [6.45, 7) is 0. The second-order valence-electron chi connectivity index (χ2n) is 2.29. The summed E-state index contributed by atoms with van der Waals surface area (Å²) in [6, 6.07) is 3.47. The maximum atomic E-state index is 11.3. The quantitative estimate of drug-likeness (QED) is 0.832. The summed E-state index contributed by atoms with van der Waals surface area (Å²) in [4.78, 5) is 0. The number of hydrogen-bond acceptors (Lipinski definition) is 5. The van der Waals surface area contributed by atoms with Crippen molar-refractivity contribution in [2.24, 2.45) is 0 Å². The zero-order chi connectivity index (χ0) is 9.80. The van der Waals surface area contributed by atoms with Crippen molar-refractivity contribution in [3.8, 4) is 11.5 Å². The van der Waals surface area contributed by atoms with Crippen LogP contribution in [0.5, 0.6) is 11.5 Å². The molecule has 0 atom stereocenters. The van der Waals surface area contributed by atoms with Gasteiger partial charge in [-0.3, -0.25) is 0 Å². The molecule has 6 heteroatoms. The second kappa shape index (κ2) is 4.59. The van der Waals surface area contributed by atoms with Crippen molar-refractivity contribution in [1.82, 2.24) is 0 Å². The van der Waals surface area contributed by atoms with E-state index in [2.05, 4.69) is 0 Å². The van der Waals surface area contributed by atoms with E-state index in [-0.39, 0.29) is 0 Å². The Balaban J connectivity index is 1.91. The average Bonchev–Trinajstić information content (AvgIpc) is 2.76. The molecule has 0 saturated heterocycles. The van der Waals surface area contributed by atoms with E-state index in [9.17, 15) is 4.21 Å². The maximum Gasteiger partial charge on any atom is 0.417 e. The second-order valence-corrected chi connectivity index (χ2v) is 4.59. The van der Waals surface area contributed by atoms with Gasteiger partial charge in [0, 0.05) is 10.8 Å². The smallest absolute Gasteiger partial charge is 0.370 e. The Kier molecular flexibility index (Phi) is 3.18. The molecule has 2 aromatic heterocycles. The summed E-state index contributed by atoms with van der Waals surface area (Å²) < 4.78 is 21.2. The zero-order valence-corrected chi connectivity index (χ0v) is 9.36. The summed E-state index contributed by atoms with van der Waals surface area (Å²) in [6.07, 6.45) is 0. The highest BCUT2D eigenvalue weighted by molar-refractivity contribution is 7.76. The molecule has 0 aliphatic carbocycles. The molecule has 0 fully saturated rings. The van der Waals surface area contributed by atoms with Crippen molar-refractivity contribution in [1.29, 1.82) is 0 Å². The molecule has 3 nitrogen and oxygen atoms in total. The van der Waals surface area contributed by atoms with Gasteiger partial charge >= 0.3 is 11.4 Å². The maximum absolute atomic E-state index is 11.3. The van der Waals surface area contributed by atoms with Crippen LogP contribution in [0.4, 0.5) is 0 Å². The molecule has 0 N–H and O–H groups in total. The molecule has 0 aliphatic heterocycles. The topological polar surface area (TPSA) is 35.5 Å². The third-order valence-electron chi connectivity index (χ3n) is 1.32. The van der Waals surface area contributed by atoms with Gasteiger partial charge in [0.25, 0.3) is 0 Å². The lowest BCUT2D eigenvalue weighted by atomic mass is 10.6. The molecule has 74 valence electrons. The van der Waals surface area contributed by atoms with Gasteiger partial charge in [-0.25, -0.2) is 0 Å². The largest absolute Gasteiger partial charge is 0.417 e. The molecule has 2 rings (SSSR count). The van der Waals surface area contributed by atoms with Crippen molar-refractivity contribution in [3.05, 3.63) is 33.7 Å². The Labute approximate surface area is 91.8 Å². The molecule has 0 unspecified atom stereocenters. The number of hydrogen-bond donors (Lipinski definition) is 0. The summed E-state index contributed by atoms with van der Waals surface area (Å²) in [5.74, 6) is 1.12. The van der Waals surface area contributed by atoms with Crippen molar-refractivity contribution < 1.29 is 12.6 Å². The Bertz CT molecular complexity index is 355. The molecule has 2 heterocycles. The fraction of sp³-hybridized carbons (Fsp3) is 0. The third-order valence-corrected chi connectivity index (χ3v) is 3.30. The van der Waals surface area contributed by atoms with E-state index in [0.29, 0.717) is 11.5 Å². The van der Waals surface area contributed by atoms with Crippen LogP contribution in [0.3, 0.4) is 0 Å². The van der Waals surface area contributed by atoms with E-state index in [1.807, 2.05) is 10.8 Å². The van der Waals surface area contributed by atoms with Gasteiger partial charge in [0.2, 0.25) is 0 Å². The van der Waals surface area contributed by atoms with Crippen LogP contribution in [0.2, 0.25) is 0 Å². The van der Waals surface area contributed by atoms with Crippen molar-refractivity contribution in [2.45, 2.75) is 0 Å². The highest BCUT2D eigenvalue weighted by Crippen LogP contribution is 2.19. The van der Waals surface area contributed by atoms with Crippen LogP contribution in [-0.2, 0) is 11.4 Å². The predicted molar refractivity (Wildman–Crippen MR) is 58.0 cm³/mol. The van der Waals surface area contributed by atoms with E-state index in [0.717, 1.165) is 0 Å². The van der Waals surface area contributed by atoms with E-state index >= 15 is 0 Å². The molecule has 0 bridgehead atoms. The number of rotatable bonds is 4. The molecular weight excluding hydrogens is 240 g/mol. The van der Waals surface area contributed by atoms with Crippen molar-refractivity contribution in [2.75, 3.05) is 0 Å². The molecule has 0 radical (unpaired) electrons. The Morgan fingerprint density at radius 2 is 1.50 bits per heavy atom. The van der Waals surface area contributed by atoms with Crippen LogP contribution in [-0.4, -0.2) is 4.21 Å². The third kappa shape index (κ3) is 2.57. The zero-order valence-electron chi connectivity index (χ0n) is 6.91. The Hall–Kier alpha value is -0.850. The molecule has 14 heavy (non-hydrogen) atoms. The fourth-order valence-corrected chi connectivity index (χ4v) is 2.55. The van der Waals surface area contributed by atoms with E-state index in [4.69, 9.17) is 8.37 Å².